The Bertz CT molecular complexity index is 276. The monoisotopic (exact) mass is 255 g/mol. The van der Waals surface area contributed by atoms with Crippen LogP contribution in [0.5, 0.6) is 0 Å². The van der Waals surface area contributed by atoms with E-state index in [1.807, 2.05) is 0 Å². The SMILES string of the molecule is CC1CC(C)(C)CCC1NCCNC(=O)N(C)C. The van der Waals surface area contributed by atoms with Crippen LogP contribution in [-0.2, 0) is 0 Å². The Morgan fingerprint density at radius 2 is 2.00 bits per heavy atom. The van der Waals surface area contributed by atoms with Crippen LogP contribution in [-0.4, -0.2) is 44.2 Å². The largest absolute Gasteiger partial charge is 0.337 e. The Morgan fingerprint density at radius 1 is 1.33 bits per heavy atom. The number of hydrogen-bond donors (Lipinski definition) is 2. The molecular weight excluding hydrogens is 226 g/mol. The molecule has 4 nitrogen and oxygen atoms in total. The summed E-state index contributed by atoms with van der Waals surface area (Å²) in [6.45, 7) is 8.60. The first-order chi connectivity index (χ1) is 8.32. The van der Waals surface area contributed by atoms with Gasteiger partial charge in [-0.25, -0.2) is 4.79 Å². The molecule has 0 aromatic carbocycles. The summed E-state index contributed by atoms with van der Waals surface area (Å²) in [6, 6.07) is 0.587. The van der Waals surface area contributed by atoms with Crippen LogP contribution in [0.2, 0.25) is 0 Å². The summed E-state index contributed by atoms with van der Waals surface area (Å²) in [5, 5.41) is 6.45. The molecule has 0 aromatic heterocycles. The fourth-order valence-electron chi connectivity index (χ4n) is 2.84. The molecule has 1 aliphatic rings. The normalized spacial score (nSPS) is 26.7. The minimum Gasteiger partial charge on any atom is -0.337 e. The Morgan fingerprint density at radius 3 is 2.56 bits per heavy atom. The van der Waals surface area contributed by atoms with E-state index >= 15 is 0 Å². The van der Waals surface area contributed by atoms with Gasteiger partial charge in [-0.1, -0.05) is 20.8 Å². The predicted octanol–water partition coefficient (Wildman–Crippen LogP) is 2.06. The second kappa shape index (κ2) is 6.41. The number of hydrogen-bond acceptors (Lipinski definition) is 2. The molecule has 0 spiro atoms. The van der Waals surface area contributed by atoms with E-state index in [4.69, 9.17) is 0 Å². The molecule has 0 heterocycles. The van der Waals surface area contributed by atoms with E-state index in [0.717, 1.165) is 12.5 Å². The minimum atomic E-state index is -0.0189. The highest BCUT2D eigenvalue weighted by atomic mass is 16.2. The van der Waals surface area contributed by atoms with Gasteiger partial charge in [-0.2, -0.15) is 0 Å². The van der Waals surface area contributed by atoms with Gasteiger partial charge in [0.1, 0.15) is 0 Å². The van der Waals surface area contributed by atoms with Crippen LogP contribution in [0.15, 0.2) is 0 Å². The number of carbonyl (C=O) groups excluding carboxylic acids is 1. The molecule has 1 aliphatic carbocycles. The molecule has 0 aromatic rings. The second-order valence-electron chi connectivity index (χ2n) is 6.57. The van der Waals surface area contributed by atoms with E-state index in [2.05, 4.69) is 31.4 Å². The van der Waals surface area contributed by atoms with Crippen molar-refractivity contribution in [2.24, 2.45) is 11.3 Å². The van der Waals surface area contributed by atoms with Gasteiger partial charge in [0.15, 0.2) is 0 Å². The van der Waals surface area contributed by atoms with Crippen LogP contribution in [0.3, 0.4) is 0 Å². The van der Waals surface area contributed by atoms with Gasteiger partial charge in [0.05, 0.1) is 0 Å². The molecule has 0 radical (unpaired) electrons. The molecule has 2 N–H and O–H groups in total. The molecule has 4 heteroatoms. The highest BCUT2D eigenvalue weighted by Gasteiger charge is 2.31. The third-order valence-corrected chi connectivity index (χ3v) is 3.91. The zero-order valence-electron chi connectivity index (χ0n) is 12.5. The van der Waals surface area contributed by atoms with Crippen molar-refractivity contribution in [3.05, 3.63) is 0 Å². The molecule has 1 fully saturated rings. The van der Waals surface area contributed by atoms with Crippen LogP contribution >= 0.6 is 0 Å². The zero-order valence-corrected chi connectivity index (χ0v) is 12.5. The van der Waals surface area contributed by atoms with Crippen LogP contribution < -0.4 is 10.6 Å². The molecule has 18 heavy (non-hydrogen) atoms. The van der Waals surface area contributed by atoms with Crippen LogP contribution in [0.1, 0.15) is 40.0 Å². The second-order valence-corrected chi connectivity index (χ2v) is 6.57. The van der Waals surface area contributed by atoms with E-state index in [9.17, 15) is 4.79 Å². The number of nitrogens with one attached hydrogen (secondary N) is 2. The maximum absolute atomic E-state index is 11.3. The van der Waals surface area contributed by atoms with Gasteiger partial charge in [-0.3, -0.25) is 0 Å². The van der Waals surface area contributed by atoms with Crippen molar-refractivity contribution in [2.45, 2.75) is 46.1 Å². The zero-order chi connectivity index (χ0) is 13.8. The van der Waals surface area contributed by atoms with E-state index in [0.29, 0.717) is 18.0 Å². The summed E-state index contributed by atoms with van der Waals surface area (Å²) in [4.78, 5) is 12.9. The van der Waals surface area contributed by atoms with Gasteiger partial charge in [-0.05, 0) is 30.6 Å². The molecular formula is C14H29N3O. The first kappa shape index (κ1) is 15.3. The standard InChI is InChI=1S/C14H29N3O/c1-11-10-14(2,3)7-6-12(11)15-8-9-16-13(18)17(4)5/h11-12,15H,6-10H2,1-5H3,(H,16,18). The first-order valence-corrected chi connectivity index (χ1v) is 7.00. The highest BCUT2D eigenvalue weighted by Crippen LogP contribution is 2.38. The number of urea groups is 1. The lowest BCUT2D eigenvalue weighted by Gasteiger charge is -2.39. The average Bonchev–Trinajstić information content (AvgIpc) is 2.25. The van der Waals surface area contributed by atoms with Gasteiger partial charge in [-0.15, -0.1) is 0 Å². The van der Waals surface area contributed by atoms with E-state index < -0.39 is 0 Å². The topological polar surface area (TPSA) is 44.4 Å². The lowest BCUT2D eigenvalue weighted by atomic mass is 9.70. The molecule has 2 unspecified atom stereocenters. The van der Waals surface area contributed by atoms with E-state index in [1.54, 1.807) is 19.0 Å². The van der Waals surface area contributed by atoms with E-state index in [1.165, 1.54) is 19.3 Å². The number of nitrogens with zero attached hydrogens (tertiary/aromatic N) is 1. The fraction of sp³-hybridized carbons (Fsp3) is 0.929. The molecule has 2 atom stereocenters. The summed E-state index contributed by atoms with van der Waals surface area (Å²) in [7, 11) is 3.52. The first-order valence-electron chi connectivity index (χ1n) is 7.00. The van der Waals surface area contributed by atoms with Gasteiger partial charge in [0.25, 0.3) is 0 Å². The molecule has 0 aliphatic heterocycles. The van der Waals surface area contributed by atoms with Gasteiger partial charge in [0, 0.05) is 33.2 Å². The Kier molecular flexibility index (Phi) is 5.45. The third kappa shape index (κ3) is 4.84. The van der Waals surface area contributed by atoms with Gasteiger partial charge >= 0.3 is 6.03 Å². The van der Waals surface area contributed by atoms with Crippen molar-refractivity contribution in [3.8, 4) is 0 Å². The molecule has 1 rings (SSSR count). The van der Waals surface area contributed by atoms with Crippen LogP contribution in [0, 0.1) is 11.3 Å². The van der Waals surface area contributed by atoms with Crippen molar-refractivity contribution >= 4 is 6.03 Å². The number of rotatable bonds is 4. The number of amides is 2. The smallest absolute Gasteiger partial charge is 0.316 e. The molecule has 2 amide bonds. The maximum atomic E-state index is 11.3. The molecule has 0 saturated heterocycles. The minimum absolute atomic E-state index is 0.0189. The lowest BCUT2D eigenvalue weighted by Crippen LogP contribution is -2.45. The number of carbonyl (C=O) groups is 1. The van der Waals surface area contributed by atoms with Crippen molar-refractivity contribution in [1.29, 1.82) is 0 Å². The highest BCUT2D eigenvalue weighted by molar-refractivity contribution is 5.73. The molecule has 1 saturated carbocycles. The van der Waals surface area contributed by atoms with E-state index in [-0.39, 0.29) is 6.03 Å². The Hall–Kier alpha value is -0.770. The van der Waals surface area contributed by atoms with Crippen molar-refractivity contribution in [3.63, 3.8) is 0 Å². The van der Waals surface area contributed by atoms with Crippen LogP contribution in [0.25, 0.3) is 0 Å². The Balaban J connectivity index is 2.19. The quantitative estimate of drug-likeness (QED) is 0.755. The summed E-state index contributed by atoms with van der Waals surface area (Å²) < 4.78 is 0. The lowest BCUT2D eigenvalue weighted by molar-refractivity contribution is 0.149. The average molecular weight is 255 g/mol. The fourth-order valence-corrected chi connectivity index (χ4v) is 2.84. The Labute approximate surface area is 111 Å². The van der Waals surface area contributed by atoms with Gasteiger partial charge in [0.2, 0.25) is 0 Å². The van der Waals surface area contributed by atoms with Crippen LogP contribution in [0.4, 0.5) is 4.79 Å². The summed E-state index contributed by atoms with van der Waals surface area (Å²) in [6.07, 6.45) is 3.82. The molecule has 0 bridgehead atoms. The summed E-state index contributed by atoms with van der Waals surface area (Å²) in [5.41, 5.74) is 0.497. The van der Waals surface area contributed by atoms with Crippen molar-refractivity contribution in [1.82, 2.24) is 15.5 Å². The summed E-state index contributed by atoms with van der Waals surface area (Å²) >= 11 is 0. The molecule has 106 valence electrons. The maximum Gasteiger partial charge on any atom is 0.316 e. The third-order valence-electron chi connectivity index (χ3n) is 3.91. The van der Waals surface area contributed by atoms with Crippen molar-refractivity contribution < 1.29 is 4.79 Å². The van der Waals surface area contributed by atoms with Crippen molar-refractivity contribution in [2.75, 3.05) is 27.2 Å². The predicted molar refractivity (Wildman–Crippen MR) is 75.7 cm³/mol. The summed E-state index contributed by atoms with van der Waals surface area (Å²) in [5.74, 6) is 0.721. The van der Waals surface area contributed by atoms with Gasteiger partial charge < -0.3 is 15.5 Å².